The predicted molar refractivity (Wildman–Crippen MR) is 68.7 cm³/mol. The minimum atomic E-state index is 0.0307. The van der Waals surface area contributed by atoms with E-state index in [0.717, 1.165) is 30.8 Å². The lowest BCUT2D eigenvalue weighted by Gasteiger charge is -2.24. The maximum Gasteiger partial charge on any atom is 0.150 e. The molecule has 5 nitrogen and oxygen atoms in total. The number of nitrogens with two attached hydrogens (primary N) is 1. The van der Waals surface area contributed by atoms with Gasteiger partial charge < -0.3 is 10.5 Å². The first-order valence-electron chi connectivity index (χ1n) is 6.21. The zero-order valence-corrected chi connectivity index (χ0v) is 10.1. The van der Waals surface area contributed by atoms with Crippen LogP contribution in [0, 0.1) is 0 Å². The Morgan fingerprint density at radius 2 is 2.22 bits per heavy atom. The van der Waals surface area contributed by atoms with Crippen LogP contribution in [0.25, 0.3) is 11.4 Å². The van der Waals surface area contributed by atoms with Crippen molar-refractivity contribution in [1.82, 2.24) is 14.8 Å². The summed E-state index contributed by atoms with van der Waals surface area (Å²) >= 11 is 0. The van der Waals surface area contributed by atoms with Gasteiger partial charge in [0.1, 0.15) is 0 Å². The van der Waals surface area contributed by atoms with Gasteiger partial charge in [-0.1, -0.05) is 0 Å². The fourth-order valence-corrected chi connectivity index (χ4v) is 2.22. The van der Waals surface area contributed by atoms with Gasteiger partial charge in [-0.15, -0.1) is 0 Å². The molecule has 0 spiro atoms. The lowest BCUT2D eigenvalue weighted by molar-refractivity contribution is -0.0384. The molecular weight excluding hydrogens is 228 g/mol. The molecule has 2 aromatic rings. The number of aromatic nitrogens is 3. The molecule has 0 bridgehead atoms. The van der Waals surface area contributed by atoms with Gasteiger partial charge in [0.15, 0.2) is 6.23 Å². The SMILES string of the molecule is Nc1ccc(-c2ccnn2C2CCCCO2)nc1. The van der Waals surface area contributed by atoms with Crippen LogP contribution in [0.1, 0.15) is 25.5 Å². The van der Waals surface area contributed by atoms with Gasteiger partial charge in [0, 0.05) is 12.8 Å². The third-order valence-electron chi connectivity index (χ3n) is 3.15. The third-order valence-corrected chi connectivity index (χ3v) is 3.15. The second-order valence-electron chi connectivity index (χ2n) is 4.46. The van der Waals surface area contributed by atoms with Crippen LogP contribution in [0.15, 0.2) is 30.6 Å². The van der Waals surface area contributed by atoms with Crippen molar-refractivity contribution in [3.8, 4) is 11.4 Å². The van der Waals surface area contributed by atoms with Crippen LogP contribution >= 0.6 is 0 Å². The maximum absolute atomic E-state index is 5.76. The van der Waals surface area contributed by atoms with E-state index in [-0.39, 0.29) is 6.23 Å². The number of pyridine rings is 1. The molecule has 1 saturated heterocycles. The van der Waals surface area contributed by atoms with Crippen LogP contribution in [0.5, 0.6) is 0 Å². The monoisotopic (exact) mass is 244 g/mol. The van der Waals surface area contributed by atoms with Gasteiger partial charge in [-0.25, -0.2) is 4.68 Å². The van der Waals surface area contributed by atoms with Crippen molar-refractivity contribution >= 4 is 5.69 Å². The highest BCUT2D eigenvalue weighted by Crippen LogP contribution is 2.27. The molecule has 0 amide bonds. The first kappa shape index (κ1) is 11.2. The lowest BCUT2D eigenvalue weighted by atomic mass is 10.2. The van der Waals surface area contributed by atoms with Gasteiger partial charge in [-0.2, -0.15) is 5.10 Å². The van der Waals surface area contributed by atoms with E-state index in [1.807, 2.05) is 22.9 Å². The molecule has 3 heterocycles. The van der Waals surface area contributed by atoms with Crippen molar-refractivity contribution < 1.29 is 4.74 Å². The van der Waals surface area contributed by atoms with Gasteiger partial charge in [-0.05, 0) is 37.5 Å². The van der Waals surface area contributed by atoms with E-state index >= 15 is 0 Å². The van der Waals surface area contributed by atoms with E-state index in [0.29, 0.717) is 5.69 Å². The Hall–Kier alpha value is -1.88. The molecule has 18 heavy (non-hydrogen) atoms. The van der Waals surface area contributed by atoms with E-state index in [9.17, 15) is 0 Å². The van der Waals surface area contributed by atoms with Crippen LogP contribution in [0.3, 0.4) is 0 Å². The Labute approximate surface area is 106 Å². The Balaban J connectivity index is 1.93. The molecule has 94 valence electrons. The van der Waals surface area contributed by atoms with Gasteiger partial charge >= 0.3 is 0 Å². The number of nitrogens with zero attached hydrogens (tertiary/aromatic N) is 3. The molecule has 2 aromatic heterocycles. The third kappa shape index (κ3) is 2.09. The number of hydrogen-bond donors (Lipinski definition) is 1. The number of ether oxygens (including phenoxy) is 1. The highest BCUT2D eigenvalue weighted by atomic mass is 16.5. The molecular formula is C13H16N4O. The molecule has 0 aliphatic carbocycles. The van der Waals surface area contributed by atoms with Gasteiger partial charge in [0.25, 0.3) is 0 Å². The van der Waals surface area contributed by atoms with Gasteiger partial charge in [-0.3, -0.25) is 4.98 Å². The van der Waals surface area contributed by atoms with E-state index in [4.69, 9.17) is 10.5 Å². The van der Waals surface area contributed by atoms with Crippen LogP contribution < -0.4 is 5.73 Å². The number of anilines is 1. The molecule has 2 N–H and O–H groups in total. The normalized spacial score (nSPS) is 19.9. The maximum atomic E-state index is 5.76. The Bertz CT molecular complexity index is 514. The molecule has 0 aromatic carbocycles. The van der Waals surface area contributed by atoms with Crippen molar-refractivity contribution in [3.63, 3.8) is 0 Å². The van der Waals surface area contributed by atoms with Crippen molar-refractivity contribution in [3.05, 3.63) is 30.6 Å². The van der Waals surface area contributed by atoms with Gasteiger partial charge in [0.05, 0.1) is 23.3 Å². The fraction of sp³-hybridized carbons (Fsp3) is 0.385. The zero-order valence-electron chi connectivity index (χ0n) is 10.1. The summed E-state index contributed by atoms with van der Waals surface area (Å²) in [5.41, 5.74) is 8.16. The largest absolute Gasteiger partial charge is 0.397 e. The topological polar surface area (TPSA) is 66.0 Å². The van der Waals surface area contributed by atoms with Crippen molar-refractivity contribution in [2.24, 2.45) is 0 Å². The Morgan fingerprint density at radius 1 is 1.28 bits per heavy atom. The van der Waals surface area contributed by atoms with Crippen LogP contribution in [-0.4, -0.2) is 21.4 Å². The first-order chi connectivity index (χ1) is 8.84. The Morgan fingerprint density at radius 3 is 2.94 bits per heavy atom. The minimum absolute atomic E-state index is 0.0307. The van der Waals surface area contributed by atoms with Crippen molar-refractivity contribution in [2.75, 3.05) is 12.3 Å². The molecule has 1 aliphatic heterocycles. The second kappa shape index (κ2) is 4.78. The number of hydrogen-bond acceptors (Lipinski definition) is 4. The molecule has 1 unspecified atom stereocenters. The second-order valence-corrected chi connectivity index (χ2v) is 4.46. The van der Waals surface area contributed by atoms with Crippen LogP contribution in [0.4, 0.5) is 5.69 Å². The summed E-state index contributed by atoms with van der Waals surface area (Å²) in [5, 5.41) is 4.36. The quantitative estimate of drug-likeness (QED) is 0.879. The van der Waals surface area contributed by atoms with Crippen molar-refractivity contribution in [2.45, 2.75) is 25.5 Å². The first-order valence-corrected chi connectivity index (χ1v) is 6.21. The summed E-state index contributed by atoms with van der Waals surface area (Å²) in [6.07, 6.45) is 6.79. The standard InChI is InChI=1S/C13H16N4O/c14-10-4-5-11(15-9-10)12-6-7-16-17(12)13-3-1-2-8-18-13/h4-7,9,13H,1-3,8,14H2. The summed E-state index contributed by atoms with van der Waals surface area (Å²) in [6, 6.07) is 5.71. The lowest BCUT2D eigenvalue weighted by Crippen LogP contribution is -2.20. The summed E-state index contributed by atoms with van der Waals surface area (Å²) < 4.78 is 7.67. The van der Waals surface area contributed by atoms with Crippen LogP contribution in [-0.2, 0) is 4.74 Å². The highest BCUT2D eigenvalue weighted by Gasteiger charge is 2.19. The number of rotatable bonds is 2. The summed E-state index contributed by atoms with van der Waals surface area (Å²) in [7, 11) is 0. The van der Waals surface area contributed by atoms with E-state index < -0.39 is 0 Å². The average Bonchev–Trinajstić information content (AvgIpc) is 2.90. The molecule has 1 fully saturated rings. The molecule has 1 aliphatic rings. The van der Waals surface area contributed by atoms with E-state index in [1.165, 1.54) is 6.42 Å². The molecule has 0 saturated carbocycles. The predicted octanol–water partition coefficient (Wildman–Crippen LogP) is 2.23. The molecule has 3 rings (SSSR count). The van der Waals surface area contributed by atoms with E-state index in [2.05, 4.69) is 10.1 Å². The minimum Gasteiger partial charge on any atom is -0.397 e. The average molecular weight is 244 g/mol. The van der Waals surface area contributed by atoms with E-state index in [1.54, 1.807) is 12.4 Å². The molecule has 0 radical (unpaired) electrons. The summed E-state index contributed by atoms with van der Waals surface area (Å²) in [5.74, 6) is 0. The summed E-state index contributed by atoms with van der Waals surface area (Å²) in [6.45, 7) is 0.805. The molecule has 1 atom stereocenters. The van der Waals surface area contributed by atoms with Crippen molar-refractivity contribution in [1.29, 1.82) is 0 Å². The summed E-state index contributed by atoms with van der Waals surface area (Å²) in [4.78, 5) is 4.33. The number of nitrogen functional groups attached to an aromatic ring is 1. The Kier molecular flexibility index (Phi) is 2.98. The zero-order chi connectivity index (χ0) is 12.4. The van der Waals surface area contributed by atoms with Crippen LogP contribution in [0.2, 0.25) is 0 Å². The molecule has 5 heteroatoms. The smallest absolute Gasteiger partial charge is 0.150 e. The van der Waals surface area contributed by atoms with Gasteiger partial charge in [0.2, 0.25) is 0 Å². The fourth-order valence-electron chi connectivity index (χ4n) is 2.22. The highest BCUT2D eigenvalue weighted by molar-refractivity contribution is 5.56.